The number of nitrogens with one attached hydrogen (secondary N) is 1. The van der Waals surface area contributed by atoms with Gasteiger partial charge in [-0.3, -0.25) is 9.59 Å². The van der Waals surface area contributed by atoms with Crippen LogP contribution in [0.1, 0.15) is 48.5 Å². The van der Waals surface area contributed by atoms with Gasteiger partial charge < -0.3 is 35.6 Å². The average molecular weight is 724 g/mol. The molecule has 0 saturated carbocycles. The number of aliphatic hydroxyl groups is 1. The van der Waals surface area contributed by atoms with Gasteiger partial charge in [0.25, 0.3) is 17.6 Å². The van der Waals surface area contributed by atoms with E-state index in [-0.39, 0.29) is 53.4 Å². The first-order valence-electron chi connectivity index (χ1n) is 15.2. The number of aromatic hydroxyl groups is 1. The molecule has 1 aromatic carbocycles. The second-order valence-corrected chi connectivity index (χ2v) is 11.3. The number of amides is 2. The minimum atomic E-state index is -5.19. The number of carbonyl (C=O) groups excluding carboxylic acids is 3. The Kier molecular flexibility index (Phi) is 12.0. The van der Waals surface area contributed by atoms with Gasteiger partial charge in [-0.05, 0) is 45.0 Å². The maximum absolute atomic E-state index is 13.3. The molecule has 0 unspecified atom stereocenters. The zero-order chi connectivity index (χ0) is 36.7. The number of hydrogen-bond acceptors (Lipinski definition) is 11. The van der Waals surface area contributed by atoms with Crippen LogP contribution in [0.4, 0.5) is 19.0 Å². The van der Waals surface area contributed by atoms with E-state index in [0.29, 0.717) is 18.8 Å². The van der Waals surface area contributed by atoms with Crippen LogP contribution in [0.15, 0.2) is 36.5 Å². The lowest BCUT2D eigenvalue weighted by Gasteiger charge is -2.24. The summed E-state index contributed by atoms with van der Waals surface area (Å²) in [6.45, 7) is 4.68. The standard InChI is InChI=1S/C31H34ClF3N8O7/c1-4-42-21-8-7-19(10-22(21)43(5-2)25(42)12-38-29(47)27-28(36)37-11-24(32)40-27)49-16-26(46)41(13-17(3)44)14-20-23(45)9-6-18(39-20)15-50-30(48)31(33,34)35/h6-11,17,44H,4-5,12-16H2,1-3H3,(H3-,36,37,38,45,47)/p+1/t17-/m0/s1. The number of aliphatic hydroxyl groups excluding tert-OH is 1. The first-order chi connectivity index (χ1) is 23.6. The number of aromatic nitrogens is 5. The Morgan fingerprint density at radius 3 is 2.58 bits per heavy atom. The number of anilines is 1. The maximum atomic E-state index is 13.3. The van der Waals surface area contributed by atoms with Gasteiger partial charge in [0.15, 0.2) is 29.2 Å². The summed E-state index contributed by atoms with van der Waals surface area (Å²) < 4.78 is 51.6. The first kappa shape index (κ1) is 37.6. The number of ether oxygens (including phenoxy) is 2. The van der Waals surface area contributed by atoms with Crippen molar-refractivity contribution in [1.82, 2.24) is 29.7 Å². The van der Waals surface area contributed by atoms with E-state index in [0.717, 1.165) is 27.8 Å². The summed E-state index contributed by atoms with van der Waals surface area (Å²) in [4.78, 5) is 50.3. The minimum Gasteiger partial charge on any atom is -0.506 e. The van der Waals surface area contributed by atoms with E-state index >= 15 is 0 Å². The Hall–Kier alpha value is -5.23. The van der Waals surface area contributed by atoms with Gasteiger partial charge in [-0.15, -0.1) is 0 Å². The predicted octanol–water partition coefficient (Wildman–Crippen LogP) is 2.42. The van der Waals surface area contributed by atoms with E-state index in [2.05, 4.69) is 25.0 Å². The van der Waals surface area contributed by atoms with Crippen molar-refractivity contribution in [3.63, 3.8) is 0 Å². The first-order valence-corrected chi connectivity index (χ1v) is 15.6. The number of halogens is 4. The summed E-state index contributed by atoms with van der Waals surface area (Å²) in [5.41, 5.74) is 7.09. The fourth-order valence-corrected chi connectivity index (χ4v) is 5.23. The van der Waals surface area contributed by atoms with Crippen LogP contribution in [0.5, 0.6) is 11.5 Å². The van der Waals surface area contributed by atoms with Crippen LogP contribution in [0.2, 0.25) is 5.15 Å². The fraction of sp³-hybridized carbons (Fsp3) is 0.387. The number of nitrogen functional groups attached to an aromatic ring is 1. The van der Waals surface area contributed by atoms with Crippen molar-refractivity contribution in [3.05, 3.63) is 64.6 Å². The smallest absolute Gasteiger partial charge is 0.490 e. The number of pyridine rings is 1. The number of imidazole rings is 1. The molecule has 19 heteroatoms. The average Bonchev–Trinajstić information content (AvgIpc) is 3.37. The molecule has 0 aliphatic rings. The molecule has 268 valence electrons. The Labute approximate surface area is 288 Å². The second-order valence-electron chi connectivity index (χ2n) is 10.9. The molecule has 15 nitrogen and oxygen atoms in total. The Bertz CT molecular complexity index is 1890. The molecule has 3 heterocycles. The number of nitrogens with two attached hydrogens (primary N) is 1. The highest BCUT2D eigenvalue weighted by molar-refractivity contribution is 6.29. The quantitative estimate of drug-likeness (QED) is 0.110. The van der Waals surface area contributed by atoms with Crippen molar-refractivity contribution >= 4 is 46.2 Å². The molecule has 0 aliphatic heterocycles. The molecule has 0 spiro atoms. The summed E-state index contributed by atoms with van der Waals surface area (Å²) in [6, 6.07) is 7.53. The number of benzene rings is 1. The van der Waals surface area contributed by atoms with Crippen molar-refractivity contribution in [2.75, 3.05) is 18.9 Å². The van der Waals surface area contributed by atoms with E-state index in [4.69, 9.17) is 22.1 Å². The highest BCUT2D eigenvalue weighted by Gasteiger charge is 2.41. The van der Waals surface area contributed by atoms with Gasteiger partial charge in [-0.2, -0.15) is 13.2 Å². The summed E-state index contributed by atoms with van der Waals surface area (Å²) in [5.74, 6) is -2.89. The summed E-state index contributed by atoms with van der Waals surface area (Å²) in [7, 11) is 0. The van der Waals surface area contributed by atoms with Crippen molar-refractivity contribution in [3.8, 4) is 11.5 Å². The molecule has 2 amide bonds. The number of esters is 1. The van der Waals surface area contributed by atoms with Crippen molar-refractivity contribution in [1.29, 1.82) is 0 Å². The maximum Gasteiger partial charge on any atom is 0.490 e. The molecule has 3 aromatic heterocycles. The van der Waals surface area contributed by atoms with Crippen LogP contribution in [-0.4, -0.2) is 77.8 Å². The molecular formula is C31H35ClF3N8O7+. The zero-order valence-electron chi connectivity index (χ0n) is 27.2. The lowest BCUT2D eigenvalue weighted by Crippen LogP contribution is -2.40. The van der Waals surface area contributed by atoms with Crippen molar-refractivity contribution < 1.29 is 51.8 Å². The highest BCUT2D eigenvalue weighted by atomic mass is 35.5. The van der Waals surface area contributed by atoms with Crippen LogP contribution >= 0.6 is 11.6 Å². The highest BCUT2D eigenvalue weighted by Crippen LogP contribution is 2.23. The Morgan fingerprint density at radius 1 is 1.18 bits per heavy atom. The normalized spacial score (nSPS) is 12.1. The number of carbonyl (C=O) groups is 3. The number of alkyl halides is 3. The third-order valence-electron chi connectivity index (χ3n) is 7.31. The van der Waals surface area contributed by atoms with E-state index in [9.17, 15) is 37.8 Å². The topological polar surface area (TPSA) is 199 Å². The SMILES string of the molecule is CCn1c(CNC(=O)c2nc(Cl)cnc2N)[n+](CC)c2ccc(OCC(=O)N(Cc3nc(COC(=O)C(F)(F)F)ccc3O)C[C@H](C)O)cc21. The van der Waals surface area contributed by atoms with Crippen LogP contribution in [0.3, 0.4) is 0 Å². The fourth-order valence-electron chi connectivity index (χ4n) is 5.09. The van der Waals surface area contributed by atoms with Gasteiger partial charge >= 0.3 is 12.1 Å². The summed E-state index contributed by atoms with van der Waals surface area (Å²) >= 11 is 5.89. The largest absolute Gasteiger partial charge is 0.506 e. The third kappa shape index (κ3) is 9.06. The van der Waals surface area contributed by atoms with E-state index < -0.39 is 43.3 Å². The van der Waals surface area contributed by atoms with Crippen molar-refractivity contribution in [2.24, 2.45) is 0 Å². The molecule has 0 aliphatic carbocycles. The number of hydrogen-bond donors (Lipinski definition) is 4. The van der Waals surface area contributed by atoms with Gasteiger partial charge in [-0.1, -0.05) is 11.6 Å². The number of nitrogens with zero attached hydrogens (tertiary/aromatic N) is 6. The van der Waals surface area contributed by atoms with Gasteiger partial charge in [0.05, 0.1) is 37.6 Å². The van der Waals surface area contributed by atoms with Crippen LogP contribution in [0, 0.1) is 0 Å². The molecular weight excluding hydrogens is 689 g/mol. The van der Waals surface area contributed by atoms with Crippen molar-refractivity contribution in [2.45, 2.75) is 65.8 Å². The van der Waals surface area contributed by atoms with Crippen LogP contribution in [-0.2, 0) is 47.1 Å². The van der Waals surface area contributed by atoms with Gasteiger partial charge in [0, 0.05) is 12.6 Å². The van der Waals surface area contributed by atoms with E-state index in [1.165, 1.54) is 19.2 Å². The molecule has 50 heavy (non-hydrogen) atoms. The number of aryl methyl sites for hydroxylation is 2. The van der Waals surface area contributed by atoms with Crippen LogP contribution < -0.4 is 20.4 Å². The Balaban J connectivity index is 1.50. The number of fused-ring (bicyclic) bond motifs is 1. The zero-order valence-corrected chi connectivity index (χ0v) is 28.0. The van der Waals surface area contributed by atoms with E-state index in [1.54, 1.807) is 12.1 Å². The van der Waals surface area contributed by atoms with Gasteiger partial charge in [0.1, 0.15) is 35.5 Å². The van der Waals surface area contributed by atoms with Gasteiger partial charge in [-0.25, -0.2) is 28.9 Å². The lowest BCUT2D eigenvalue weighted by molar-refractivity contribution is -0.676. The molecule has 0 bridgehead atoms. The summed E-state index contributed by atoms with van der Waals surface area (Å²) in [5, 5.41) is 23.2. The Morgan fingerprint density at radius 2 is 1.92 bits per heavy atom. The third-order valence-corrected chi connectivity index (χ3v) is 7.49. The molecule has 4 rings (SSSR count). The lowest BCUT2D eigenvalue weighted by atomic mass is 10.2. The second kappa shape index (κ2) is 16.0. The minimum absolute atomic E-state index is 0.0202. The van der Waals surface area contributed by atoms with E-state index in [1.807, 2.05) is 29.0 Å². The summed E-state index contributed by atoms with van der Waals surface area (Å²) in [6.07, 6.45) is -4.94. The number of rotatable bonds is 14. The molecule has 1 atom stereocenters. The molecule has 0 fully saturated rings. The predicted molar refractivity (Wildman–Crippen MR) is 170 cm³/mol. The van der Waals surface area contributed by atoms with Crippen LogP contribution in [0.25, 0.3) is 11.0 Å². The molecule has 5 N–H and O–H groups in total. The molecule has 0 saturated heterocycles. The van der Waals surface area contributed by atoms with Gasteiger partial charge in [0.2, 0.25) is 0 Å². The molecule has 4 aromatic rings. The monoisotopic (exact) mass is 723 g/mol. The molecule has 0 radical (unpaired) electrons.